The van der Waals surface area contributed by atoms with Crippen LogP contribution < -0.4 is 0 Å². The fraction of sp³-hybridized carbons (Fsp3) is 0.417. The molecule has 26 heavy (non-hydrogen) atoms. The summed E-state index contributed by atoms with van der Waals surface area (Å²) >= 11 is 0. The molecule has 1 aliphatic carbocycles. The van der Waals surface area contributed by atoms with Crippen LogP contribution in [0.1, 0.15) is 56.6 Å². The maximum atomic E-state index is 14.8. The van der Waals surface area contributed by atoms with Crippen molar-refractivity contribution in [1.29, 1.82) is 0 Å². The normalized spacial score (nSPS) is 21.5. The molecule has 0 aromatic heterocycles. The molecular weight excluding hydrogens is 326 g/mol. The standard InChI is InChI=1S/C24H28F2/c1-3-5-6-18-9-12-21-16-22(14-13-20(21)15-18)24(26)23(25)19-10-7-17(4-2)8-11-19/h3,9,12-17,19H,1,4-8,10-11H2,2H3. The molecule has 0 heterocycles. The fourth-order valence-corrected chi connectivity index (χ4v) is 4.00. The lowest BCUT2D eigenvalue weighted by atomic mass is 9.80. The summed E-state index contributed by atoms with van der Waals surface area (Å²) in [5.74, 6) is -0.808. The summed E-state index contributed by atoms with van der Waals surface area (Å²) in [6, 6.07) is 11.5. The van der Waals surface area contributed by atoms with Gasteiger partial charge < -0.3 is 0 Å². The number of aryl methyl sites for hydroxylation is 1. The molecule has 1 saturated carbocycles. The predicted molar refractivity (Wildman–Crippen MR) is 107 cm³/mol. The third-order valence-electron chi connectivity index (χ3n) is 5.79. The largest absolute Gasteiger partial charge is 0.208 e. The zero-order valence-electron chi connectivity index (χ0n) is 15.6. The van der Waals surface area contributed by atoms with Crippen molar-refractivity contribution >= 4 is 16.6 Å². The van der Waals surface area contributed by atoms with Crippen molar-refractivity contribution in [2.75, 3.05) is 0 Å². The van der Waals surface area contributed by atoms with Gasteiger partial charge in [-0.2, -0.15) is 0 Å². The number of hydrogen-bond donors (Lipinski definition) is 0. The third-order valence-corrected chi connectivity index (χ3v) is 5.79. The molecule has 1 aliphatic rings. The van der Waals surface area contributed by atoms with Gasteiger partial charge in [0.1, 0.15) is 5.83 Å². The van der Waals surface area contributed by atoms with Crippen molar-refractivity contribution in [2.45, 2.75) is 51.9 Å². The van der Waals surface area contributed by atoms with E-state index in [2.05, 4.69) is 25.6 Å². The van der Waals surface area contributed by atoms with E-state index in [1.807, 2.05) is 18.2 Å². The van der Waals surface area contributed by atoms with Crippen LogP contribution in [0.2, 0.25) is 0 Å². The summed E-state index contributed by atoms with van der Waals surface area (Å²) in [5, 5.41) is 2.01. The molecule has 0 atom stereocenters. The van der Waals surface area contributed by atoms with Gasteiger partial charge in [0.05, 0.1) is 0 Å². The number of hydrogen-bond acceptors (Lipinski definition) is 0. The molecule has 0 N–H and O–H groups in total. The second-order valence-electron chi connectivity index (χ2n) is 7.51. The first-order valence-corrected chi connectivity index (χ1v) is 9.81. The summed E-state index contributed by atoms with van der Waals surface area (Å²) in [5.41, 5.74) is 1.59. The van der Waals surface area contributed by atoms with Gasteiger partial charge in [0.2, 0.25) is 0 Å². The summed E-state index contributed by atoms with van der Waals surface area (Å²) in [7, 11) is 0. The lowest BCUT2D eigenvalue weighted by Gasteiger charge is -2.26. The SMILES string of the molecule is C=CCCc1ccc2cc(C(F)=C(F)C3CCC(CC)CC3)ccc2c1. The van der Waals surface area contributed by atoms with Crippen LogP contribution in [0.15, 0.2) is 54.9 Å². The second kappa shape index (κ2) is 8.62. The van der Waals surface area contributed by atoms with E-state index in [0.717, 1.165) is 55.7 Å². The monoisotopic (exact) mass is 354 g/mol. The number of allylic oxidation sites excluding steroid dienone is 2. The Hall–Kier alpha value is -1.96. The van der Waals surface area contributed by atoms with Gasteiger partial charge in [0, 0.05) is 11.5 Å². The first kappa shape index (κ1) is 18.8. The van der Waals surface area contributed by atoms with Crippen molar-refractivity contribution in [3.8, 4) is 0 Å². The Morgan fingerprint density at radius 2 is 1.73 bits per heavy atom. The number of halogens is 2. The van der Waals surface area contributed by atoms with Gasteiger partial charge in [-0.1, -0.05) is 49.8 Å². The Morgan fingerprint density at radius 3 is 2.42 bits per heavy atom. The highest BCUT2D eigenvalue weighted by atomic mass is 19.2. The Kier molecular flexibility index (Phi) is 6.24. The zero-order valence-corrected chi connectivity index (χ0v) is 15.6. The quantitative estimate of drug-likeness (QED) is 0.465. The highest BCUT2D eigenvalue weighted by molar-refractivity contribution is 5.86. The van der Waals surface area contributed by atoms with Crippen LogP contribution in [0.25, 0.3) is 16.6 Å². The summed E-state index contributed by atoms with van der Waals surface area (Å²) < 4.78 is 29.5. The van der Waals surface area contributed by atoms with Crippen LogP contribution in [0.4, 0.5) is 8.78 Å². The molecule has 0 amide bonds. The Balaban J connectivity index is 1.81. The van der Waals surface area contributed by atoms with Gasteiger partial charge in [-0.05, 0) is 66.8 Å². The molecular formula is C24H28F2. The molecule has 0 nitrogen and oxygen atoms in total. The van der Waals surface area contributed by atoms with Gasteiger partial charge in [-0.3, -0.25) is 0 Å². The van der Waals surface area contributed by atoms with E-state index in [1.165, 1.54) is 5.56 Å². The molecule has 2 aromatic carbocycles. The van der Waals surface area contributed by atoms with E-state index < -0.39 is 11.7 Å². The highest BCUT2D eigenvalue weighted by Crippen LogP contribution is 2.39. The lowest BCUT2D eigenvalue weighted by Crippen LogP contribution is -2.14. The highest BCUT2D eigenvalue weighted by Gasteiger charge is 2.26. The molecule has 0 unspecified atom stereocenters. The Morgan fingerprint density at radius 1 is 1.04 bits per heavy atom. The predicted octanol–water partition coefficient (Wildman–Crippen LogP) is 7.78. The molecule has 2 aromatic rings. The average Bonchev–Trinajstić information content (AvgIpc) is 2.70. The molecule has 0 radical (unpaired) electrons. The molecule has 0 bridgehead atoms. The van der Waals surface area contributed by atoms with Crippen molar-refractivity contribution in [2.24, 2.45) is 11.8 Å². The van der Waals surface area contributed by atoms with Crippen molar-refractivity contribution in [3.05, 3.63) is 66.0 Å². The van der Waals surface area contributed by atoms with Crippen LogP contribution in [0.5, 0.6) is 0 Å². The number of rotatable bonds is 6. The fourth-order valence-electron chi connectivity index (χ4n) is 4.00. The smallest absolute Gasteiger partial charge is 0.162 e. The first-order chi connectivity index (χ1) is 12.6. The van der Waals surface area contributed by atoms with Crippen LogP contribution in [0, 0.1) is 11.8 Å². The van der Waals surface area contributed by atoms with Crippen LogP contribution in [0.3, 0.4) is 0 Å². The van der Waals surface area contributed by atoms with Crippen molar-refractivity contribution in [1.82, 2.24) is 0 Å². The molecule has 2 heteroatoms. The van der Waals surface area contributed by atoms with E-state index in [-0.39, 0.29) is 5.92 Å². The zero-order chi connectivity index (χ0) is 18.5. The molecule has 3 rings (SSSR count). The van der Waals surface area contributed by atoms with Crippen LogP contribution in [-0.2, 0) is 6.42 Å². The van der Waals surface area contributed by atoms with Gasteiger partial charge in [0.25, 0.3) is 0 Å². The van der Waals surface area contributed by atoms with Gasteiger partial charge in [-0.15, -0.1) is 6.58 Å². The van der Waals surface area contributed by atoms with E-state index in [0.29, 0.717) is 11.5 Å². The maximum Gasteiger partial charge on any atom is 0.162 e. The topological polar surface area (TPSA) is 0 Å². The molecule has 0 aliphatic heterocycles. The lowest BCUT2D eigenvalue weighted by molar-refractivity contribution is 0.268. The summed E-state index contributed by atoms with van der Waals surface area (Å²) in [6.07, 6.45) is 8.47. The van der Waals surface area contributed by atoms with Gasteiger partial charge in [-0.25, -0.2) is 8.78 Å². The van der Waals surface area contributed by atoms with Crippen LogP contribution in [-0.4, -0.2) is 0 Å². The minimum absolute atomic E-state index is 0.255. The molecule has 1 fully saturated rings. The summed E-state index contributed by atoms with van der Waals surface area (Å²) in [4.78, 5) is 0. The average molecular weight is 354 g/mol. The number of benzene rings is 2. The minimum Gasteiger partial charge on any atom is -0.208 e. The molecule has 138 valence electrons. The maximum absolute atomic E-state index is 14.8. The Bertz CT molecular complexity index is 795. The van der Waals surface area contributed by atoms with E-state index >= 15 is 0 Å². The number of fused-ring (bicyclic) bond motifs is 1. The Labute approximate surface area is 155 Å². The summed E-state index contributed by atoms with van der Waals surface area (Å²) in [6.45, 7) is 5.93. The van der Waals surface area contributed by atoms with E-state index in [9.17, 15) is 8.78 Å². The van der Waals surface area contributed by atoms with Crippen molar-refractivity contribution in [3.63, 3.8) is 0 Å². The van der Waals surface area contributed by atoms with Crippen molar-refractivity contribution < 1.29 is 8.78 Å². The van der Waals surface area contributed by atoms with Gasteiger partial charge in [0.15, 0.2) is 5.83 Å². The first-order valence-electron chi connectivity index (χ1n) is 9.81. The van der Waals surface area contributed by atoms with Gasteiger partial charge >= 0.3 is 0 Å². The molecule has 0 spiro atoms. The van der Waals surface area contributed by atoms with E-state index in [4.69, 9.17) is 0 Å². The minimum atomic E-state index is -0.678. The third kappa shape index (κ3) is 4.23. The molecule has 0 saturated heterocycles. The van der Waals surface area contributed by atoms with E-state index in [1.54, 1.807) is 12.1 Å². The second-order valence-corrected chi connectivity index (χ2v) is 7.51. The van der Waals surface area contributed by atoms with Crippen LogP contribution >= 0.6 is 0 Å².